The lowest BCUT2D eigenvalue weighted by Gasteiger charge is -2.50. The molecule has 6 saturated heterocycles. The van der Waals surface area contributed by atoms with Crippen LogP contribution in [0.15, 0.2) is 18.2 Å². The maximum atomic E-state index is 13.4. The summed E-state index contributed by atoms with van der Waals surface area (Å²) in [6, 6.07) is 6.18. The Balaban J connectivity index is 0.811. The lowest BCUT2D eigenvalue weighted by Crippen LogP contribution is -2.54. The van der Waals surface area contributed by atoms with Gasteiger partial charge in [0.25, 0.3) is 11.8 Å². The van der Waals surface area contributed by atoms with E-state index in [0.29, 0.717) is 17.2 Å². The quantitative estimate of drug-likeness (QED) is 0.441. The average molecular weight is 674 g/mol. The van der Waals surface area contributed by atoms with Gasteiger partial charge in [0.15, 0.2) is 0 Å². The van der Waals surface area contributed by atoms with Gasteiger partial charge in [-0.25, -0.2) is 0 Å². The molecule has 0 bridgehead atoms. The molecule has 4 amide bonds. The van der Waals surface area contributed by atoms with Gasteiger partial charge in [0.1, 0.15) is 6.04 Å². The van der Waals surface area contributed by atoms with Gasteiger partial charge in [-0.05, 0) is 153 Å². The van der Waals surface area contributed by atoms with E-state index >= 15 is 0 Å². The lowest BCUT2D eigenvalue weighted by atomic mass is 9.72. The normalized spacial score (nSPS) is 28.8. The van der Waals surface area contributed by atoms with Crippen LogP contribution in [0.2, 0.25) is 0 Å². The van der Waals surface area contributed by atoms with Gasteiger partial charge in [-0.3, -0.25) is 29.4 Å². The van der Waals surface area contributed by atoms with Crippen LogP contribution in [-0.2, 0) is 9.59 Å². The third-order valence-electron chi connectivity index (χ3n) is 13.4. The van der Waals surface area contributed by atoms with Crippen LogP contribution in [0, 0.1) is 11.3 Å². The van der Waals surface area contributed by atoms with Crippen LogP contribution >= 0.6 is 0 Å². The van der Waals surface area contributed by atoms with Crippen molar-refractivity contribution in [2.45, 2.75) is 95.2 Å². The number of rotatable bonds is 6. The molecule has 11 nitrogen and oxygen atoms in total. The molecule has 0 saturated carbocycles. The first-order chi connectivity index (χ1) is 23.9. The van der Waals surface area contributed by atoms with Crippen molar-refractivity contribution in [2.24, 2.45) is 11.3 Å². The van der Waals surface area contributed by atoms with Gasteiger partial charge in [-0.2, -0.15) is 0 Å². The molecule has 1 aromatic carbocycles. The Morgan fingerprint density at radius 2 is 1.41 bits per heavy atom. The van der Waals surface area contributed by atoms with Crippen LogP contribution in [0.3, 0.4) is 0 Å². The fourth-order valence-electron chi connectivity index (χ4n) is 10.4. The molecule has 7 heterocycles. The molecule has 2 N–H and O–H groups in total. The lowest BCUT2D eigenvalue weighted by molar-refractivity contribution is -0.136. The fourth-order valence-corrected chi connectivity index (χ4v) is 10.4. The molecule has 0 aromatic heterocycles. The number of nitrogens with one attached hydrogen (secondary N) is 2. The molecule has 11 heteroatoms. The second-order valence-corrected chi connectivity index (χ2v) is 16.2. The highest BCUT2D eigenvalue weighted by Gasteiger charge is 2.46. The minimum absolute atomic E-state index is 0.125. The van der Waals surface area contributed by atoms with Gasteiger partial charge < -0.3 is 24.9 Å². The smallest absolute Gasteiger partial charge is 0.262 e. The Bertz CT molecular complexity index is 1420. The van der Waals surface area contributed by atoms with Crippen molar-refractivity contribution >= 4 is 29.3 Å². The first-order valence-electron chi connectivity index (χ1n) is 19.4. The van der Waals surface area contributed by atoms with Crippen LogP contribution in [0.4, 0.5) is 5.69 Å². The van der Waals surface area contributed by atoms with Crippen LogP contribution in [0.5, 0.6) is 0 Å². The van der Waals surface area contributed by atoms with Crippen LogP contribution in [0.25, 0.3) is 0 Å². The van der Waals surface area contributed by atoms with Crippen molar-refractivity contribution in [1.82, 2.24) is 30.2 Å². The molecular formula is C38H55N7O4. The van der Waals surface area contributed by atoms with Gasteiger partial charge >= 0.3 is 0 Å². The monoisotopic (exact) mass is 673 g/mol. The zero-order chi connectivity index (χ0) is 33.5. The third kappa shape index (κ3) is 6.80. The van der Waals surface area contributed by atoms with E-state index in [-0.39, 0.29) is 24.2 Å². The highest BCUT2D eigenvalue weighted by atomic mass is 16.2. The standard InChI is InChI=1S/C38H55N7O4/c46-34-5-4-33(35(47)40-34)45-36(48)31-3-2-30(24-32(31)37(45)49)44-17-1-12-38(26-44)13-22-43(23-14-38)29-10-18-41(19-11-29)25-27-8-20-42(21-9-27)28-6-15-39-16-7-28/h2-3,24,27-29,33,39H,1,4-23,25-26H2,(H,40,46,47). The Labute approximate surface area is 291 Å². The number of amides is 4. The number of imide groups is 2. The number of carbonyl (C=O) groups is 4. The molecule has 8 rings (SSSR count). The van der Waals surface area contributed by atoms with Crippen LogP contribution < -0.4 is 15.5 Å². The first kappa shape index (κ1) is 33.3. The van der Waals surface area contributed by atoms with Gasteiger partial charge in [0.2, 0.25) is 11.8 Å². The second-order valence-electron chi connectivity index (χ2n) is 16.2. The first-order valence-corrected chi connectivity index (χ1v) is 19.4. The van der Waals surface area contributed by atoms with E-state index in [2.05, 4.69) is 30.2 Å². The largest absolute Gasteiger partial charge is 0.371 e. The number of anilines is 1. The molecule has 7 aliphatic heterocycles. The van der Waals surface area contributed by atoms with Crippen molar-refractivity contribution in [3.8, 4) is 0 Å². The third-order valence-corrected chi connectivity index (χ3v) is 13.4. The van der Waals surface area contributed by atoms with Crippen LogP contribution in [-0.4, -0.2) is 133 Å². The molecular weight excluding hydrogens is 618 g/mol. The van der Waals surface area contributed by atoms with Crippen molar-refractivity contribution in [2.75, 3.05) is 76.9 Å². The number of hydrogen-bond donors (Lipinski definition) is 2. The highest BCUT2D eigenvalue weighted by molar-refractivity contribution is 6.23. The number of hydrogen-bond acceptors (Lipinski definition) is 9. The topological polar surface area (TPSA) is 109 Å². The molecule has 1 aromatic rings. The minimum Gasteiger partial charge on any atom is -0.371 e. The van der Waals surface area contributed by atoms with E-state index in [1.807, 2.05) is 12.1 Å². The van der Waals surface area contributed by atoms with Crippen molar-refractivity contribution in [3.63, 3.8) is 0 Å². The van der Waals surface area contributed by atoms with Gasteiger partial charge in [-0.15, -0.1) is 0 Å². The fraction of sp³-hybridized carbons (Fsp3) is 0.737. The van der Waals surface area contributed by atoms with E-state index < -0.39 is 23.8 Å². The highest BCUT2D eigenvalue weighted by Crippen LogP contribution is 2.43. The summed E-state index contributed by atoms with van der Waals surface area (Å²) in [6.07, 6.45) is 13.1. The van der Waals surface area contributed by atoms with E-state index in [1.165, 1.54) is 117 Å². The summed E-state index contributed by atoms with van der Waals surface area (Å²) in [5.74, 6) is -0.935. The van der Waals surface area contributed by atoms with Gasteiger partial charge in [-0.1, -0.05) is 0 Å². The van der Waals surface area contributed by atoms with E-state index in [0.717, 1.165) is 42.1 Å². The summed E-state index contributed by atoms with van der Waals surface area (Å²) in [7, 11) is 0. The molecule has 0 aliphatic carbocycles. The SMILES string of the molecule is O=C1CCC(N2C(=O)c3ccc(N4CCCC5(CCN(C6CCN(CC7CCN(C8CCNCC8)CC7)CC6)CC5)C4)cc3C2=O)C(=O)N1. The molecule has 1 atom stereocenters. The van der Waals surface area contributed by atoms with E-state index in [9.17, 15) is 19.2 Å². The van der Waals surface area contributed by atoms with E-state index in [4.69, 9.17) is 0 Å². The van der Waals surface area contributed by atoms with Crippen molar-refractivity contribution in [3.05, 3.63) is 29.3 Å². The molecule has 1 spiro atoms. The number of benzene rings is 1. The Morgan fingerprint density at radius 3 is 2.14 bits per heavy atom. The maximum Gasteiger partial charge on any atom is 0.262 e. The number of carbonyl (C=O) groups excluding carboxylic acids is 4. The Hall–Kier alpha value is -2.86. The Morgan fingerprint density at radius 1 is 0.714 bits per heavy atom. The minimum atomic E-state index is -0.934. The van der Waals surface area contributed by atoms with Gasteiger partial charge in [0, 0.05) is 43.8 Å². The summed E-state index contributed by atoms with van der Waals surface area (Å²) in [4.78, 5) is 62.6. The maximum absolute atomic E-state index is 13.4. The number of likely N-dealkylation sites (tertiary alicyclic amines) is 3. The molecule has 6 fully saturated rings. The molecule has 0 radical (unpaired) electrons. The van der Waals surface area contributed by atoms with Crippen LogP contribution in [0.1, 0.15) is 97.8 Å². The van der Waals surface area contributed by atoms with E-state index in [1.54, 1.807) is 6.07 Å². The summed E-state index contributed by atoms with van der Waals surface area (Å²) in [5, 5.41) is 5.79. The predicted molar refractivity (Wildman–Crippen MR) is 187 cm³/mol. The number of fused-ring (bicyclic) bond motifs is 1. The van der Waals surface area contributed by atoms with Crippen molar-refractivity contribution in [1.29, 1.82) is 0 Å². The zero-order valence-electron chi connectivity index (χ0n) is 29.2. The molecule has 49 heavy (non-hydrogen) atoms. The summed E-state index contributed by atoms with van der Waals surface area (Å²) in [6.45, 7) is 13.0. The molecule has 266 valence electrons. The summed E-state index contributed by atoms with van der Waals surface area (Å²) < 4.78 is 0. The second kappa shape index (κ2) is 14.0. The average Bonchev–Trinajstić information content (AvgIpc) is 3.38. The Kier molecular flexibility index (Phi) is 9.54. The number of piperidine rings is 6. The number of nitrogens with zero attached hydrogens (tertiary/aromatic N) is 5. The van der Waals surface area contributed by atoms with Gasteiger partial charge in [0.05, 0.1) is 11.1 Å². The predicted octanol–water partition coefficient (Wildman–Crippen LogP) is 2.70. The zero-order valence-corrected chi connectivity index (χ0v) is 29.2. The summed E-state index contributed by atoms with van der Waals surface area (Å²) >= 11 is 0. The summed E-state index contributed by atoms with van der Waals surface area (Å²) in [5.41, 5.74) is 1.99. The molecule has 1 unspecified atom stereocenters. The molecule has 7 aliphatic rings. The van der Waals surface area contributed by atoms with Crippen molar-refractivity contribution < 1.29 is 19.2 Å².